The molecule has 1 amide bonds. The number of rotatable bonds is 6. The minimum Gasteiger partial charge on any atom is -0.391 e. The van der Waals surface area contributed by atoms with E-state index in [0.717, 1.165) is 9.75 Å². The zero-order chi connectivity index (χ0) is 20.5. The van der Waals surface area contributed by atoms with Crippen molar-refractivity contribution in [3.63, 3.8) is 0 Å². The maximum atomic E-state index is 12.3. The molecule has 3 N–H and O–H groups in total. The van der Waals surface area contributed by atoms with Gasteiger partial charge in [-0.15, -0.1) is 11.3 Å². The second-order valence-electron chi connectivity index (χ2n) is 6.01. The first-order valence-corrected chi connectivity index (χ1v) is 9.59. The predicted octanol–water partition coefficient (Wildman–Crippen LogP) is 2.10. The molecule has 0 aliphatic rings. The summed E-state index contributed by atoms with van der Waals surface area (Å²) in [6.07, 6.45) is -0.727. The van der Waals surface area contributed by atoms with E-state index in [0.29, 0.717) is 11.1 Å². The Morgan fingerprint density at radius 1 is 1.11 bits per heavy atom. The molecule has 0 fully saturated rings. The van der Waals surface area contributed by atoms with Crippen LogP contribution in [-0.2, 0) is 11.4 Å². The van der Waals surface area contributed by atoms with E-state index in [1.54, 1.807) is 31.2 Å². The summed E-state index contributed by atoms with van der Waals surface area (Å²) in [6.45, 7) is 3.16. The van der Waals surface area contributed by atoms with Crippen molar-refractivity contribution in [3.8, 4) is 23.7 Å². The first kappa shape index (κ1) is 21.4. The minimum atomic E-state index is -0.961. The van der Waals surface area contributed by atoms with Crippen LogP contribution in [-0.4, -0.2) is 34.0 Å². The smallest absolute Gasteiger partial charge is 0.251 e. The maximum Gasteiger partial charge on any atom is 0.251 e. The second kappa shape index (κ2) is 10.4. The molecule has 1 aromatic heterocycles. The van der Waals surface area contributed by atoms with E-state index in [2.05, 4.69) is 29.0 Å². The van der Waals surface area contributed by atoms with E-state index < -0.39 is 18.1 Å². The molecule has 28 heavy (non-hydrogen) atoms. The molecular formula is C22H21NO4S. The van der Waals surface area contributed by atoms with Crippen molar-refractivity contribution in [2.75, 3.05) is 0 Å². The standard InChI is InChI=1S/C22H21NO4S/c1-3-20(26)21(15(2)25)23-22(27)17-10-8-16(9-11-17)6-4-5-7-18-12-13-19(14-24)28-18/h8-13,15,21,24-25H,3,14H2,1-2H3,(H,23,27)/t15-,21-/m0/s1. The maximum absolute atomic E-state index is 12.3. The molecule has 1 heterocycles. The van der Waals surface area contributed by atoms with Crippen molar-refractivity contribution in [1.29, 1.82) is 0 Å². The van der Waals surface area contributed by atoms with Crippen LogP contribution in [0.5, 0.6) is 0 Å². The number of carbonyl (C=O) groups excluding carboxylic acids is 2. The summed E-state index contributed by atoms with van der Waals surface area (Å²) in [4.78, 5) is 25.8. The summed E-state index contributed by atoms with van der Waals surface area (Å²) in [5, 5.41) is 21.3. The third-order valence-electron chi connectivity index (χ3n) is 3.88. The van der Waals surface area contributed by atoms with Crippen molar-refractivity contribution < 1.29 is 19.8 Å². The van der Waals surface area contributed by atoms with Gasteiger partial charge in [-0.05, 0) is 61.1 Å². The van der Waals surface area contributed by atoms with E-state index in [-0.39, 0.29) is 18.8 Å². The average molecular weight is 395 g/mol. The predicted molar refractivity (Wildman–Crippen MR) is 109 cm³/mol. The Labute approximate surface area is 168 Å². The number of carbonyl (C=O) groups is 2. The van der Waals surface area contributed by atoms with Crippen molar-refractivity contribution in [3.05, 3.63) is 57.3 Å². The van der Waals surface area contributed by atoms with Crippen LogP contribution < -0.4 is 5.32 Å². The second-order valence-corrected chi connectivity index (χ2v) is 7.18. The molecule has 6 heteroatoms. The summed E-state index contributed by atoms with van der Waals surface area (Å²) in [7, 11) is 0. The largest absolute Gasteiger partial charge is 0.391 e. The number of Topliss-reactive ketones (excluding diaryl/α,β-unsaturated/α-hetero) is 1. The zero-order valence-corrected chi connectivity index (χ0v) is 16.5. The van der Waals surface area contributed by atoms with Crippen LogP contribution >= 0.6 is 11.3 Å². The number of benzene rings is 1. The highest BCUT2D eigenvalue weighted by molar-refractivity contribution is 7.12. The SMILES string of the molecule is CCC(=O)[C@@H](NC(=O)c1ccc(C#CC#Cc2ccc(CO)s2)cc1)[C@H](C)O. The molecule has 1 aromatic carbocycles. The van der Waals surface area contributed by atoms with E-state index in [4.69, 9.17) is 5.11 Å². The van der Waals surface area contributed by atoms with E-state index in [1.807, 2.05) is 12.1 Å². The summed E-state index contributed by atoms with van der Waals surface area (Å²) >= 11 is 1.42. The van der Waals surface area contributed by atoms with Crippen LogP contribution in [0.15, 0.2) is 36.4 Å². The van der Waals surface area contributed by atoms with Gasteiger partial charge in [0.15, 0.2) is 5.78 Å². The highest BCUT2D eigenvalue weighted by Gasteiger charge is 2.24. The van der Waals surface area contributed by atoms with Gasteiger partial charge >= 0.3 is 0 Å². The summed E-state index contributed by atoms with van der Waals surface area (Å²) < 4.78 is 0. The Kier molecular flexibility index (Phi) is 7.98. The minimum absolute atomic E-state index is 0.00250. The number of amides is 1. The average Bonchev–Trinajstić information content (AvgIpc) is 3.17. The molecule has 0 aliphatic carbocycles. The lowest BCUT2D eigenvalue weighted by Gasteiger charge is -2.19. The van der Waals surface area contributed by atoms with Crippen LogP contribution in [0.4, 0.5) is 0 Å². The van der Waals surface area contributed by atoms with Gasteiger partial charge in [-0.1, -0.05) is 12.8 Å². The fourth-order valence-electron chi connectivity index (χ4n) is 2.35. The van der Waals surface area contributed by atoms with Crippen LogP contribution in [0.25, 0.3) is 0 Å². The van der Waals surface area contributed by atoms with E-state index in [1.165, 1.54) is 18.3 Å². The lowest BCUT2D eigenvalue weighted by Crippen LogP contribution is -2.47. The van der Waals surface area contributed by atoms with Gasteiger partial charge in [0.05, 0.1) is 17.6 Å². The first-order valence-electron chi connectivity index (χ1n) is 8.78. The van der Waals surface area contributed by atoms with Gasteiger partial charge in [-0.3, -0.25) is 9.59 Å². The van der Waals surface area contributed by atoms with Gasteiger partial charge in [0.25, 0.3) is 5.91 Å². The number of aliphatic hydroxyl groups excluding tert-OH is 2. The van der Waals surface area contributed by atoms with E-state index >= 15 is 0 Å². The normalized spacial score (nSPS) is 12.0. The summed E-state index contributed by atoms with van der Waals surface area (Å²) in [6, 6.07) is 9.33. The monoisotopic (exact) mass is 395 g/mol. The summed E-state index contributed by atoms with van der Waals surface area (Å²) in [5.74, 6) is 10.7. The molecule has 0 aliphatic heterocycles. The molecule has 0 unspecified atom stereocenters. The van der Waals surface area contributed by atoms with Gasteiger partial charge in [0, 0.05) is 22.4 Å². The number of nitrogens with one attached hydrogen (secondary N) is 1. The number of ketones is 1. The Hall–Kier alpha value is -2.90. The molecule has 2 rings (SSSR count). The molecular weight excluding hydrogens is 374 g/mol. The molecule has 0 radical (unpaired) electrons. The Morgan fingerprint density at radius 2 is 1.79 bits per heavy atom. The molecule has 2 aromatic rings. The molecule has 5 nitrogen and oxygen atoms in total. The molecule has 0 saturated heterocycles. The van der Waals surface area contributed by atoms with Crippen molar-refractivity contribution in [2.24, 2.45) is 0 Å². The lowest BCUT2D eigenvalue weighted by molar-refractivity contribution is -0.122. The highest BCUT2D eigenvalue weighted by atomic mass is 32.1. The topological polar surface area (TPSA) is 86.6 Å². The quantitative estimate of drug-likeness (QED) is 0.654. The zero-order valence-electron chi connectivity index (χ0n) is 15.7. The van der Waals surface area contributed by atoms with Gasteiger partial charge in [-0.25, -0.2) is 0 Å². The van der Waals surface area contributed by atoms with Crippen molar-refractivity contribution in [1.82, 2.24) is 5.32 Å². The van der Waals surface area contributed by atoms with Crippen molar-refractivity contribution >= 4 is 23.0 Å². The van der Waals surface area contributed by atoms with Gasteiger partial charge in [0.1, 0.15) is 6.04 Å². The van der Waals surface area contributed by atoms with Gasteiger partial charge < -0.3 is 15.5 Å². The van der Waals surface area contributed by atoms with Crippen LogP contribution in [0.3, 0.4) is 0 Å². The van der Waals surface area contributed by atoms with Crippen LogP contribution in [0.1, 0.15) is 45.9 Å². The van der Waals surface area contributed by atoms with Crippen LogP contribution in [0, 0.1) is 23.7 Å². The summed E-state index contributed by atoms with van der Waals surface area (Å²) in [5.41, 5.74) is 1.08. The van der Waals surface area contributed by atoms with Gasteiger partial charge in [0.2, 0.25) is 0 Å². The molecule has 0 saturated carbocycles. The first-order chi connectivity index (χ1) is 13.4. The van der Waals surface area contributed by atoms with Gasteiger partial charge in [-0.2, -0.15) is 0 Å². The fourth-order valence-corrected chi connectivity index (χ4v) is 3.07. The molecule has 0 spiro atoms. The van der Waals surface area contributed by atoms with Crippen LogP contribution in [0.2, 0.25) is 0 Å². The fraction of sp³-hybridized carbons (Fsp3) is 0.273. The number of aliphatic hydroxyl groups is 2. The Bertz CT molecular complexity index is 952. The Morgan fingerprint density at radius 3 is 2.36 bits per heavy atom. The number of hydrogen-bond acceptors (Lipinski definition) is 5. The molecule has 0 bridgehead atoms. The number of thiophene rings is 1. The molecule has 2 atom stereocenters. The third-order valence-corrected chi connectivity index (χ3v) is 4.87. The lowest BCUT2D eigenvalue weighted by atomic mass is 10.0. The molecule has 144 valence electrons. The number of hydrogen-bond donors (Lipinski definition) is 3. The highest BCUT2D eigenvalue weighted by Crippen LogP contribution is 2.14. The van der Waals surface area contributed by atoms with E-state index in [9.17, 15) is 14.7 Å². The third kappa shape index (κ3) is 6.07. The Balaban J connectivity index is 2.01. The van der Waals surface area contributed by atoms with Crippen molar-refractivity contribution in [2.45, 2.75) is 39.0 Å².